The van der Waals surface area contributed by atoms with Crippen LogP contribution >= 0.6 is 0 Å². The van der Waals surface area contributed by atoms with Gasteiger partial charge in [0.05, 0.1) is 17.0 Å². The van der Waals surface area contributed by atoms with Crippen molar-refractivity contribution in [1.82, 2.24) is 4.90 Å². The molecular formula is C24H26N2O3S. The zero-order valence-electron chi connectivity index (χ0n) is 17.4. The SMILES string of the molecule is Cc1ccc(S(=O)(=O)N(C)c2ccc(CC(=O)N(C)Cc3ccccc3)cc2)cc1. The lowest BCUT2D eigenvalue weighted by Gasteiger charge is -2.20. The maximum Gasteiger partial charge on any atom is 0.264 e. The number of likely N-dealkylation sites (N-methyl/N-ethyl adjacent to an activating group) is 1. The Labute approximate surface area is 178 Å². The number of carbonyl (C=O) groups excluding carboxylic acids is 1. The fourth-order valence-electron chi connectivity index (χ4n) is 3.09. The standard InChI is InChI=1S/C24H26N2O3S/c1-19-9-15-23(16-10-19)30(28,29)26(3)22-13-11-20(12-14-22)17-24(27)25(2)18-21-7-5-4-6-8-21/h4-16H,17-18H2,1-3H3. The van der Waals surface area contributed by atoms with Crippen LogP contribution in [0.25, 0.3) is 0 Å². The largest absolute Gasteiger partial charge is 0.341 e. The number of nitrogens with zero attached hydrogens (tertiary/aromatic N) is 2. The minimum atomic E-state index is -3.63. The molecule has 0 unspecified atom stereocenters. The zero-order chi connectivity index (χ0) is 21.7. The average Bonchev–Trinajstić information content (AvgIpc) is 2.74. The van der Waals surface area contributed by atoms with Crippen LogP contribution in [0.1, 0.15) is 16.7 Å². The van der Waals surface area contributed by atoms with Gasteiger partial charge >= 0.3 is 0 Å². The van der Waals surface area contributed by atoms with Crippen LogP contribution in [0.2, 0.25) is 0 Å². The molecular weight excluding hydrogens is 396 g/mol. The molecule has 0 bridgehead atoms. The van der Waals surface area contributed by atoms with Crippen molar-refractivity contribution < 1.29 is 13.2 Å². The number of anilines is 1. The molecule has 0 heterocycles. The fraction of sp³-hybridized carbons (Fsp3) is 0.208. The Balaban J connectivity index is 1.66. The number of hydrogen-bond acceptors (Lipinski definition) is 3. The highest BCUT2D eigenvalue weighted by Crippen LogP contribution is 2.23. The first-order chi connectivity index (χ1) is 14.3. The number of hydrogen-bond donors (Lipinski definition) is 0. The number of aryl methyl sites for hydroxylation is 1. The van der Waals surface area contributed by atoms with Crippen LogP contribution in [0.5, 0.6) is 0 Å². The third kappa shape index (κ3) is 5.07. The van der Waals surface area contributed by atoms with Crippen LogP contribution in [0.3, 0.4) is 0 Å². The lowest BCUT2D eigenvalue weighted by molar-refractivity contribution is -0.129. The summed E-state index contributed by atoms with van der Waals surface area (Å²) in [6.07, 6.45) is 0.262. The minimum Gasteiger partial charge on any atom is -0.341 e. The lowest BCUT2D eigenvalue weighted by atomic mass is 10.1. The van der Waals surface area contributed by atoms with E-state index in [4.69, 9.17) is 0 Å². The van der Waals surface area contributed by atoms with Gasteiger partial charge in [0.25, 0.3) is 10.0 Å². The molecule has 0 saturated heterocycles. The summed E-state index contributed by atoms with van der Waals surface area (Å²) < 4.78 is 26.9. The molecule has 3 aromatic carbocycles. The van der Waals surface area contributed by atoms with Gasteiger partial charge in [-0.15, -0.1) is 0 Å². The molecule has 0 aromatic heterocycles. The first kappa shape index (κ1) is 21.6. The van der Waals surface area contributed by atoms with E-state index in [0.29, 0.717) is 12.2 Å². The molecule has 0 aliphatic carbocycles. The van der Waals surface area contributed by atoms with Gasteiger partial charge in [-0.3, -0.25) is 9.10 Å². The van der Waals surface area contributed by atoms with E-state index in [0.717, 1.165) is 16.7 Å². The van der Waals surface area contributed by atoms with Crippen LogP contribution in [0, 0.1) is 6.92 Å². The monoisotopic (exact) mass is 422 g/mol. The molecule has 0 aliphatic rings. The third-order valence-electron chi connectivity index (χ3n) is 5.02. The normalized spacial score (nSPS) is 11.2. The highest BCUT2D eigenvalue weighted by Gasteiger charge is 2.21. The van der Waals surface area contributed by atoms with Gasteiger partial charge in [0.1, 0.15) is 0 Å². The van der Waals surface area contributed by atoms with Gasteiger partial charge in [-0.2, -0.15) is 0 Å². The smallest absolute Gasteiger partial charge is 0.264 e. The highest BCUT2D eigenvalue weighted by molar-refractivity contribution is 7.92. The Morgan fingerprint density at radius 2 is 1.40 bits per heavy atom. The molecule has 3 rings (SSSR count). The third-order valence-corrected chi connectivity index (χ3v) is 6.82. The topological polar surface area (TPSA) is 57.7 Å². The van der Waals surface area contributed by atoms with E-state index in [9.17, 15) is 13.2 Å². The van der Waals surface area contributed by atoms with Crippen molar-refractivity contribution in [3.8, 4) is 0 Å². The number of carbonyl (C=O) groups is 1. The Bertz CT molecular complexity index is 1090. The average molecular weight is 423 g/mol. The predicted molar refractivity (Wildman–Crippen MR) is 120 cm³/mol. The molecule has 0 fully saturated rings. The summed E-state index contributed by atoms with van der Waals surface area (Å²) in [6, 6.07) is 23.7. The van der Waals surface area contributed by atoms with Gasteiger partial charge in [-0.1, -0.05) is 60.2 Å². The highest BCUT2D eigenvalue weighted by atomic mass is 32.2. The molecule has 0 atom stereocenters. The maximum atomic E-state index is 12.8. The maximum absolute atomic E-state index is 12.8. The van der Waals surface area contributed by atoms with Crippen LogP contribution in [-0.2, 0) is 27.8 Å². The van der Waals surface area contributed by atoms with Crippen molar-refractivity contribution in [2.24, 2.45) is 0 Å². The second-order valence-corrected chi connectivity index (χ2v) is 9.33. The molecule has 30 heavy (non-hydrogen) atoms. The van der Waals surface area contributed by atoms with Crippen molar-refractivity contribution in [2.45, 2.75) is 24.8 Å². The Morgan fingerprint density at radius 1 is 0.800 bits per heavy atom. The predicted octanol–water partition coefficient (Wildman–Crippen LogP) is 4.02. The molecule has 3 aromatic rings. The first-order valence-corrected chi connectivity index (χ1v) is 11.1. The summed E-state index contributed by atoms with van der Waals surface area (Å²) in [7, 11) is -0.320. The van der Waals surface area contributed by atoms with Crippen LogP contribution in [0.4, 0.5) is 5.69 Å². The molecule has 0 N–H and O–H groups in total. The van der Waals surface area contributed by atoms with Crippen LogP contribution in [-0.4, -0.2) is 33.3 Å². The first-order valence-electron chi connectivity index (χ1n) is 9.70. The summed E-state index contributed by atoms with van der Waals surface area (Å²) in [5.41, 5.74) is 3.46. The van der Waals surface area contributed by atoms with Gasteiger partial charge in [-0.25, -0.2) is 8.42 Å². The summed E-state index contributed by atoms with van der Waals surface area (Å²) in [5.74, 6) is 0.00670. The molecule has 0 saturated carbocycles. The van der Waals surface area contributed by atoms with E-state index in [1.807, 2.05) is 37.3 Å². The van der Waals surface area contributed by atoms with Gasteiger partial charge < -0.3 is 4.90 Å². The van der Waals surface area contributed by atoms with Gasteiger partial charge in [0.2, 0.25) is 5.91 Å². The summed E-state index contributed by atoms with van der Waals surface area (Å²) in [4.78, 5) is 14.5. The number of amides is 1. The number of rotatable bonds is 7. The Kier molecular flexibility index (Phi) is 6.57. The van der Waals surface area contributed by atoms with Crippen molar-refractivity contribution in [2.75, 3.05) is 18.4 Å². The van der Waals surface area contributed by atoms with E-state index in [1.54, 1.807) is 60.5 Å². The van der Waals surface area contributed by atoms with Crippen molar-refractivity contribution in [3.05, 3.63) is 95.6 Å². The second kappa shape index (κ2) is 9.13. The van der Waals surface area contributed by atoms with Gasteiger partial charge in [0.15, 0.2) is 0 Å². The van der Waals surface area contributed by atoms with E-state index >= 15 is 0 Å². The molecule has 0 aliphatic heterocycles. The van der Waals surface area contributed by atoms with Crippen molar-refractivity contribution in [3.63, 3.8) is 0 Å². The lowest BCUT2D eigenvalue weighted by Crippen LogP contribution is -2.28. The van der Waals surface area contributed by atoms with Gasteiger partial charge in [0, 0.05) is 20.6 Å². The second-order valence-electron chi connectivity index (χ2n) is 7.36. The fourth-order valence-corrected chi connectivity index (χ4v) is 4.28. The van der Waals surface area contributed by atoms with E-state index in [2.05, 4.69) is 0 Å². The Morgan fingerprint density at radius 3 is 2.00 bits per heavy atom. The minimum absolute atomic E-state index is 0.00670. The van der Waals surface area contributed by atoms with Crippen LogP contribution in [0.15, 0.2) is 83.8 Å². The molecule has 0 radical (unpaired) electrons. The van der Waals surface area contributed by atoms with E-state index < -0.39 is 10.0 Å². The molecule has 156 valence electrons. The summed E-state index contributed by atoms with van der Waals surface area (Å²) in [6.45, 7) is 2.46. The number of benzene rings is 3. The van der Waals surface area contributed by atoms with Crippen LogP contribution < -0.4 is 4.31 Å². The molecule has 1 amide bonds. The molecule has 6 heteroatoms. The van der Waals surface area contributed by atoms with Crippen molar-refractivity contribution in [1.29, 1.82) is 0 Å². The quantitative estimate of drug-likeness (QED) is 0.578. The number of sulfonamides is 1. The Hall–Kier alpha value is -3.12. The van der Waals surface area contributed by atoms with Gasteiger partial charge in [-0.05, 0) is 42.3 Å². The van der Waals surface area contributed by atoms with E-state index in [1.165, 1.54) is 11.4 Å². The molecule has 0 spiro atoms. The zero-order valence-corrected chi connectivity index (χ0v) is 18.3. The summed E-state index contributed by atoms with van der Waals surface area (Å²) in [5, 5.41) is 0. The van der Waals surface area contributed by atoms with E-state index in [-0.39, 0.29) is 17.2 Å². The van der Waals surface area contributed by atoms with Crippen molar-refractivity contribution >= 4 is 21.6 Å². The molecule has 5 nitrogen and oxygen atoms in total. The summed E-state index contributed by atoms with van der Waals surface area (Å²) >= 11 is 0.